The summed E-state index contributed by atoms with van der Waals surface area (Å²) in [6.45, 7) is 0.271. The number of hydrogen-bond acceptors (Lipinski definition) is 6. The van der Waals surface area contributed by atoms with Gasteiger partial charge < -0.3 is 4.74 Å². The largest absolute Gasteiger partial charge is 0.493 e. The lowest BCUT2D eigenvalue weighted by Crippen LogP contribution is -2.12. The standard InChI is InChI=1S/C18H15ClF3N3O3S2/c1-30(26,27)25-15-7-2-11(18(20,21)22)10-14(15)17-24-23-16(29-17)8-9-28-13-5-3-12(19)4-6-13/h2-7,10,25H,8-9H2,1H3. The molecule has 12 heteroatoms. The van der Waals surface area contributed by atoms with Gasteiger partial charge in [-0.1, -0.05) is 22.9 Å². The van der Waals surface area contributed by atoms with Gasteiger partial charge in [-0.15, -0.1) is 10.2 Å². The van der Waals surface area contributed by atoms with E-state index in [0.29, 0.717) is 22.2 Å². The van der Waals surface area contributed by atoms with Crippen LogP contribution in [0.1, 0.15) is 10.6 Å². The van der Waals surface area contributed by atoms with Crippen molar-refractivity contribution in [2.75, 3.05) is 17.6 Å². The molecule has 0 fully saturated rings. The van der Waals surface area contributed by atoms with Gasteiger partial charge in [0.15, 0.2) is 0 Å². The number of nitrogens with one attached hydrogen (secondary N) is 1. The molecule has 160 valence electrons. The Morgan fingerprint density at radius 2 is 1.83 bits per heavy atom. The molecular weight excluding hydrogens is 463 g/mol. The number of rotatable bonds is 7. The Balaban J connectivity index is 1.80. The van der Waals surface area contributed by atoms with E-state index in [2.05, 4.69) is 14.9 Å². The number of halogens is 4. The van der Waals surface area contributed by atoms with E-state index in [0.717, 1.165) is 35.8 Å². The van der Waals surface area contributed by atoms with Gasteiger partial charge >= 0.3 is 6.18 Å². The van der Waals surface area contributed by atoms with Gasteiger partial charge in [-0.2, -0.15) is 13.2 Å². The van der Waals surface area contributed by atoms with Crippen LogP contribution in [0.15, 0.2) is 42.5 Å². The first-order valence-corrected chi connectivity index (χ1v) is 11.5. The van der Waals surface area contributed by atoms with E-state index in [9.17, 15) is 21.6 Å². The van der Waals surface area contributed by atoms with Gasteiger partial charge in [0.05, 0.1) is 24.1 Å². The molecule has 0 aliphatic rings. The van der Waals surface area contributed by atoms with E-state index in [1.54, 1.807) is 24.3 Å². The fraction of sp³-hybridized carbons (Fsp3) is 0.222. The first kappa shape index (κ1) is 22.3. The molecule has 0 saturated heterocycles. The molecule has 0 aliphatic carbocycles. The lowest BCUT2D eigenvalue weighted by atomic mass is 10.1. The smallest absolute Gasteiger partial charge is 0.416 e. The molecule has 0 radical (unpaired) electrons. The number of ether oxygens (including phenoxy) is 1. The number of sulfonamides is 1. The molecular formula is C18H15ClF3N3O3S2. The summed E-state index contributed by atoms with van der Waals surface area (Å²) < 4.78 is 70.3. The first-order chi connectivity index (χ1) is 14.0. The zero-order chi connectivity index (χ0) is 21.9. The van der Waals surface area contributed by atoms with Crippen LogP contribution in [0.25, 0.3) is 10.6 Å². The predicted octanol–water partition coefficient (Wildman–Crippen LogP) is 4.87. The van der Waals surface area contributed by atoms with Crippen LogP contribution in [-0.4, -0.2) is 31.5 Å². The summed E-state index contributed by atoms with van der Waals surface area (Å²) >= 11 is 6.87. The van der Waals surface area contributed by atoms with Crippen LogP contribution >= 0.6 is 22.9 Å². The van der Waals surface area contributed by atoms with Crippen LogP contribution in [0.5, 0.6) is 5.75 Å². The molecule has 2 aromatic carbocycles. The summed E-state index contributed by atoms with van der Waals surface area (Å²) in [5, 5.41) is 9.18. The van der Waals surface area contributed by atoms with Crippen LogP contribution in [0.4, 0.5) is 18.9 Å². The average molecular weight is 478 g/mol. The van der Waals surface area contributed by atoms with E-state index < -0.39 is 21.8 Å². The molecule has 30 heavy (non-hydrogen) atoms. The maximum Gasteiger partial charge on any atom is 0.416 e. The van der Waals surface area contributed by atoms with Gasteiger partial charge in [-0.3, -0.25) is 4.72 Å². The lowest BCUT2D eigenvalue weighted by molar-refractivity contribution is -0.137. The molecule has 1 N–H and O–H groups in total. The molecule has 0 amide bonds. The third-order valence-electron chi connectivity index (χ3n) is 3.74. The number of benzene rings is 2. The van der Waals surface area contributed by atoms with Gasteiger partial charge in [0.1, 0.15) is 15.8 Å². The summed E-state index contributed by atoms with van der Waals surface area (Å²) in [5.41, 5.74) is -0.928. The number of nitrogens with zero attached hydrogens (tertiary/aromatic N) is 2. The molecule has 0 unspecified atom stereocenters. The van der Waals surface area contributed by atoms with Crippen molar-refractivity contribution in [1.82, 2.24) is 10.2 Å². The van der Waals surface area contributed by atoms with Crippen molar-refractivity contribution in [1.29, 1.82) is 0 Å². The minimum Gasteiger partial charge on any atom is -0.493 e. The van der Waals surface area contributed by atoms with Gasteiger partial charge in [0.25, 0.3) is 0 Å². The predicted molar refractivity (Wildman–Crippen MR) is 109 cm³/mol. The lowest BCUT2D eigenvalue weighted by Gasteiger charge is -2.12. The average Bonchev–Trinajstić information content (AvgIpc) is 3.10. The molecule has 1 heterocycles. The van der Waals surface area contributed by atoms with Crippen LogP contribution in [0.3, 0.4) is 0 Å². The normalized spacial score (nSPS) is 12.0. The Labute approximate surface area is 179 Å². The van der Waals surface area contributed by atoms with Crippen molar-refractivity contribution < 1.29 is 26.3 Å². The van der Waals surface area contributed by atoms with Crippen LogP contribution in [0, 0.1) is 0 Å². The van der Waals surface area contributed by atoms with Gasteiger partial charge in [-0.25, -0.2) is 8.42 Å². The van der Waals surface area contributed by atoms with E-state index in [1.165, 1.54) is 0 Å². The van der Waals surface area contributed by atoms with Crippen molar-refractivity contribution in [3.63, 3.8) is 0 Å². The van der Waals surface area contributed by atoms with Crippen molar-refractivity contribution in [2.45, 2.75) is 12.6 Å². The highest BCUT2D eigenvalue weighted by Gasteiger charge is 2.31. The molecule has 0 saturated carbocycles. The number of aromatic nitrogens is 2. The van der Waals surface area contributed by atoms with Crippen molar-refractivity contribution in [3.8, 4) is 16.3 Å². The summed E-state index contributed by atoms with van der Waals surface area (Å²) in [6, 6.07) is 9.50. The fourth-order valence-corrected chi connectivity index (χ4v) is 3.99. The summed E-state index contributed by atoms with van der Waals surface area (Å²) in [4.78, 5) is 0. The van der Waals surface area contributed by atoms with Crippen LogP contribution in [-0.2, 0) is 22.6 Å². The second-order valence-corrected chi connectivity index (χ2v) is 9.43. The number of alkyl halides is 3. The summed E-state index contributed by atoms with van der Waals surface area (Å²) in [7, 11) is -3.70. The second-order valence-electron chi connectivity index (χ2n) is 6.19. The van der Waals surface area contributed by atoms with E-state index >= 15 is 0 Å². The number of anilines is 1. The monoisotopic (exact) mass is 477 g/mol. The molecule has 0 spiro atoms. The maximum absolute atomic E-state index is 13.1. The highest BCUT2D eigenvalue weighted by Crippen LogP contribution is 2.37. The first-order valence-electron chi connectivity index (χ1n) is 8.41. The second kappa shape index (κ2) is 8.78. The zero-order valence-corrected chi connectivity index (χ0v) is 17.8. The van der Waals surface area contributed by atoms with Gasteiger partial charge in [-0.05, 0) is 42.5 Å². The topological polar surface area (TPSA) is 81.2 Å². The van der Waals surface area contributed by atoms with Crippen molar-refractivity contribution in [3.05, 3.63) is 58.1 Å². The molecule has 1 aromatic heterocycles. The van der Waals surface area contributed by atoms with Crippen LogP contribution in [0.2, 0.25) is 5.02 Å². The minimum atomic E-state index is -4.59. The third-order valence-corrected chi connectivity index (χ3v) is 5.60. The molecule has 3 aromatic rings. The molecule has 0 aliphatic heterocycles. The van der Waals surface area contributed by atoms with E-state index in [1.807, 2.05) is 0 Å². The Morgan fingerprint density at radius 1 is 1.13 bits per heavy atom. The Bertz CT molecular complexity index is 1130. The SMILES string of the molecule is CS(=O)(=O)Nc1ccc(C(F)(F)F)cc1-c1nnc(CCOc2ccc(Cl)cc2)s1. The third kappa shape index (κ3) is 6.07. The molecule has 3 rings (SSSR count). The summed E-state index contributed by atoms with van der Waals surface area (Å²) in [6.07, 6.45) is -3.31. The summed E-state index contributed by atoms with van der Waals surface area (Å²) in [5.74, 6) is 0.613. The zero-order valence-electron chi connectivity index (χ0n) is 15.4. The quantitative estimate of drug-likeness (QED) is 0.525. The van der Waals surface area contributed by atoms with Crippen molar-refractivity contribution >= 4 is 38.6 Å². The van der Waals surface area contributed by atoms with Gasteiger partial charge in [0, 0.05) is 17.0 Å². The highest BCUT2D eigenvalue weighted by atomic mass is 35.5. The van der Waals surface area contributed by atoms with Crippen LogP contribution < -0.4 is 9.46 Å². The number of hydrogen-bond donors (Lipinski definition) is 1. The maximum atomic E-state index is 13.1. The highest BCUT2D eigenvalue weighted by molar-refractivity contribution is 7.92. The minimum absolute atomic E-state index is 0.00220. The Kier molecular flexibility index (Phi) is 6.53. The van der Waals surface area contributed by atoms with E-state index in [-0.39, 0.29) is 22.9 Å². The van der Waals surface area contributed by atoms with Gasteiger partial charge in [0.2, 0.25) is 10.0 Å². The fourth-order valence-electron chi connectivity index (χ4n) is 2.44. The Morgan fingerprint density at radius 3 is 2.47 bits per heavy atom. The molecule has 0 atom stereocenters. The molecule has 6 nitrogen and oxygen atoms in total. The molecule has 0 bridgehead atoms. The Hall–Kier alpha value is -2.37. The van der Waals surface area contributed by atoms with E-state index in [4.69, 9.17) is 16.3 Å². The van der Waals surface area contributed by atoms with Crippen molar-refractivity contribution in [2.24, 2.45) is 0 Å².